The molecule has 3 nitrogen and oxygen atoms in total. The van der Waals surface area contributed by atoms with Crippen LogP contribution in [0.4, 0.5) is 5.69 Å². The molecular weight excluding hydrogens is 248 g/mol. The average Bonchev–Trinajstić information content (AvgIpc) is 2.49. The summed E-state index contributed by atoms with van der Waals surface area (Å²) < 4.78 is 5.35. The summed E-state index contributed by atoms with van der Waals surface area (Å²) in [6.45, 7) is 3.25. The first kappa shape index (κ1) is 13.5. The first-order chi connectivity index (χ1) is 8.53. The van der Waals surface area contributed by atoms with Gasteiger partial charge in [-0.3, -0.25) is 0 Å². The van der Waals surface area contributed by atoms with Gasteiger partial charge in [0.2, 0.25) is 0 Å². The lowest BCUT2D eigenvalue weighted by Crippen LogP contribution is -2.37. The molecule has 0 bridgehead atoms. The van der Waals surface area contributed by atoms with Crippen molar-refractivity contribution in [3.05, 3.63) is 22.7 Å². The molecule has 18 heavy (non-hydrogen) atoms. The van der Waals surface area contributed by atoms with Crippen molar-refractivity contribution in [1.82, 2.24) is 5.32 Å². The van der Waals surface area contributed by atoms with Gasteiger partial charge in [0.25, 0.3) is 0 Å². The molecule has 1 N–H and O–H groups in total. The summed E-state index contributed by atoms with van der Waals surface area (Å²) >= 11 is 6.54. The third-order valence-corrected chi connectivity index (χ3v) is 4.36. The maximum absolute atomic E-state index is 6.54. The van der Waals surface area contributed by atoms with Crippen LogP contribution in [0.1, 0.15) is 25.3 Å². The molecule has 0 aromatic heterocycles. The molecule has 0 radical (unpaired) electrons. The summed E-state index contributed by atoms with van der Waals surface area (Å²) in [7, 11) is 5.76. The second-order valence-electron chi connectivity index (χ2n) is 5.08. The fourth-order valence-corrected chi connectivity index (χ4v) is 3.16. The Labute approximate surface area is 114 Å². The van der Waals surface area contributed by atoms with Gasteiger partial charge in [-0.15, -0.1) is 0 Å². The molecule has 1 aromatic carbocycles. The van der Waals surface area contributed by atoms with Crippen LogP contribution in [0.2, 0.25) is 5.02 Å². The molecule has 1 atom stereocenters. The second kappa shape index (κ2) is 4.98. The summed E-state index contributed by atoms with van der Waals surface area (Å²) in [5.41, 5.74) is 2.23. The van der Waals surface area contributed by atoms with Crippen molar-refractivity contribution in [2.75, 3.05) is 32.6 Å². The Bertz CT molecular complexity index is 450. The predicted octanol–water partition coefficient (Wildman–Crippen LogP) is 3.01. The van der Waals surface area contributed by atoms with Gasteiger partial charge in [-0.1, -0.05) is 11.6 Å². The van der Waals surface area contributed by atoms with Gasteiger partial charge >= 0.3 is 0 Å². The SMILES string of the molecule is CNC1(C)CCCN(C)c2ccc(OC)c(Cl)c21. The van der Waals surface area contributed by atoms with Crippen LogP contribution in [0, 0.1) is 0 Å². The highest BCUT2D eigenvalue weighted by Gasteiger charge is 2.34. The van der Waals surface area contributed by atoms with Crippen molar-refractivity contribution in [3.8, 4) is 5.75 Å². The van der Waals surface area contributed by atoms with Crippen LogP contribution < -0.4 is 15.0 Å². The highest BCUT2D eigenvalue weighted by Crippen LogP contribution is 2.44. The first-order valence-electron chi connectivity index (χ1n) is 6.30. The van der Waals surface area contributed by atoms with Crippen LogP contribution in [0.15, 0.2) is 12.1 Å². The van der Waals surface area contributed by atoms with E-state index in [9.17, 15) is 0 Å². The van der Waals surface area contributed by atoms with Gasteiger partial charge in [0.1, 0.15) is 5.75 Å². The predicted molar refractivity (Wildman–Crippen MR) is 76.9 cm³/mol. The molecule has 4 heteroatoms. The van der Waals surface area contributed by atoms with Crippen LogP contribution in [0.5, 0.6) is 5.75 Å². The second-order valence-corrected chi connectivity index (χ2v) is 5.46. The van der Waals surface area contributed by atoms with Crippen LogP contribution in [0.3, 0.4) is 0 Å². The quantitative estimate of drug-likeness (QED) is 0.892. The Morgan fingerprint density at radius 1 is 1.44 bits per heavy atom. The van der Waals surface area contributed by atoms with E-state index in [1.54, 1.807) is 7.11 Å². The smallest absolute Gasteiger partial charge is 0.137 e. The van der Waals surface area contributed by atoms with Crippen molar-refractivity contribution in [2.24, 2.45) is 0 Å². The maximum Gasteiger partial charge on any atom is 0.137 e. The molecule has 1 aliphatic rings. The number of fused-ring (bicyclic) bond motifs is 1. The monoisotopic (exact) mass is 268 g/mol. The molecule has 1 heterocycles. The first-order valence-corrected chi connectivity index (χ1v) is 6.68. The van der Waals surface area contributed by atoms with E-state index < -0.39 is 0 Å². The van der Waals surface area contributed by atoms with Crippen LogP contribution in [-0.2, 0) is 5.54 Å². The zero-order valence-electron chi connectivity index (χ0n) is 11.5. The minimum absolute atomic E-state index is 0.105. The molecule has 1 unspecified atom stereocenters. The third kappa shape index (κ3) is 2.06. The minimum Gasteiger partial charge on any atom is -0.495 e. The van der Waals surface area contributed by atoms with E-state index >= 15 is 0 Å². The Hall–Kier alpha value is -0.930. The van der Waals surface area contributed by atoms with E-state index in [0.717, 1.165) is 35.7 Å². The largest absolute Gasteiger partial charge is 0.495 e. The number of anilines is 1. The molecule has 2 rings (SSSR count). The highest BCUT2D eigenvalue weighted by molar-refractivity contribution is 6.33. The molecule has 0 aliphatic carbocycles. The number of hydrogen-bond donors (Lipinski definition) is 1. The Kier molecular flexibility index (Phi) is 3.74. The number of methoxy groups -OCH3 is 1. The molecule has 0 spiro atoms. The fraction of sp³-hybridized carbons (Fsp3) is 0.571. The zero-order chi connectivity index (χ0) is 13.3. The third-order valence-electron chi connectivity index (χ3n) is 3.99. The lowest BCUT2D eigenvalue weighted by atomic mass is 9.87. The number of rotatable bonds is 2. The summed E-state index contributed by atoms with van der Waals surface area (Å²) in [5, 5.41) is 4.15. The van der Waals surface area contributed by atoms with Gasteiger partial charge in [-0.25, -0.2) is 0 Å². The lowest BCUT2D eigenvalue weighted by Gasteiger charge is -2.32. The highest BCUT2D eigenvalue weighted by atomic mass is 35.5. The molecule has 1 aliphatic heterocycles. The molecular formula is C14H21ClN2O. The molecule has 0 fully saturated rings. The Balaban J connectivity index is 2.67. The number of halogens is 1. The number of nitrogens with zero attached hydrogens (tertiary/aromatic N) is 1. The van der Waals surface area contributed by atoms with Gasteiger partial charge in [0.05, 0.1) is 12.1 Å². The van der Waals surface area contributed by atoms with E-state index in [0.29, 0.717) is 0 Å². The number of hydrogen-bond acceptors (Lipinski definition) is 3. The van der Waals surface area contributed by atoms with Crippen LogP contribution >= 0.6 is 11.6 Å². The Morgan fingerprint density at radius 3 is 2.78 bits per heavy atom. The van der Waals surface area contributed by atoms with Crippen molar-refractivity contribution in [2.45, 2.75) is 25.3 Å². The fourth-order valence-electron chi connectivity index (χ4n) is 2.71. The molecule has 1 aromatic rings. The topological polar surface area (TPSA) is 24.5 Å². The standard InChI is InChI=1S/C14H21ClN2O/c1-14(16-2)8-5-9-17(3)10-6-7-11(18-4)13(15)12(10)14/h6-7,16H,5,8-9H2,1-4H3. The summed E-state index contributed by atoms with van der Waals surface area (Å²) in [5.74, 6) is 0.743. The number of nitrogens with one attached hydrogen (secondary N) is 1. The van der Waals surface area contributed by atoms with Crippen LogP contribution in [-0.4, -0.2) is 27.7 Å². The molecule has 0 saturated heterocycles. The van der Waals surface area contributed by atoms with Gasteiger partial charge < -0.3 is 15.0 Å². The van der Waals surface area contributed by atoms with Crippen molar-refractivity contribution < 1.29 is 4.74 Å². The lowest BCUT2D eigenvalue weighted by molar-refractivity contribution is 0.365. The minimum atomic E-state index is -0.105. The van der Waals surface area contributed by atoms with Gasteiger partial charge in [-0.2, -0.15) is 0 Å². The van der Waals surface area contributed by atoms with Gasteiger partial charge in [0, 0.05) is 30.4 Å². The zero-order valence-corrected chi connectivity index (χ0v) is 12.3. The van der Waals surface area contributed by atoms with E-state index in [-0.39, 0.29) is 5.54 Å². The maximum atomic E-state index is 6.54. The number of benzene rings is 1. The van der Waals surface area contributed by atoms with E-state index in [4.69, 9.17) is 16.3 Å². The van der Waals surface area contributed by atoms with Crippen LogP contribution in [0.25, 0.3) is 0 Å². The van der Waals surface area contributed by atoms with Gasteiger partial charge in [-0.05, 0) is 38.9 Å². The van der Waals surface area contributed by atoms with E-state index in [2.05, 4.69) is 30.3 Å². The van der Waals surface area contributed by atoms with Gasteiger partial charge in [0.15, 0.2) is 0 Å². The van der Waals surface area contributed by atoms with E-state index in [1.807, 2.05) is 13.1 Å². The molecule has 100 valence electrons. The normalized spacial score (nSPS) is 23.5. The summed E-state index contributed by atoms with van der Waals surface area (Å²) in [6.07, 6.45) is 2.20. The van der Waals surface area contributed by atoms with Crippen molar-refractivity contribution in [3.63, 3.8) is 0 Å². The summed E-state index contributed by atoms with van der Waals surface area (Å²) in [4.78, 5) is 2.27. The van der Waals surface area contributed by atoms with Crippen molar-refractivity contribution >= 4 is 17.3 Å². The Morgan fingerprint density at radius 2 is 2.17 bits per heavy atom. The molecule has 0 saturated carbocycles. The molecule has 0 amide bonds. The average molecular weight is 269 g/mol. The summed E-state index contributed by atoms with van der Waals surface area (Å²) in [6, 6.07) is 4.04. The van der Waals surface area contributed by atoms with E-state index in [1.165, 1.54) is 5.69 Å². The number of ether oxygens (including phenoxy) is 1. The van der Waals surface area contributed by atoms with Crippen molar-refractivity contribution in [1.29, 1.82) is 0 Å².